The van der Waals surface area contributed by atoms with Gasteiger partial charge in [-0.2, -0.15) is 0 Å². The third-order valence-electron chi connectivity index (χ3n) is 3.05. The van der Waals surface area contributed by atoms with E-state index in [-0.39, 0.29) is 5.91 Å². The van der Waals surface area contributed by atoms with E-state index >= 15 is 0 Å². The summed E-state index contributed by atoms with van der Waals surface area (Å²) in [4.78, 5) is 13.9. The van der Waals surface area contributed by atoms with E-state index in [0.29, 0.717) is 19.0 Å². The normalized spacial score (nSPS) is 10.6. The molecular weight excluding hydrogens is 238 g/mol. The lowest BCUT2D eigenvalue weighted by molar-refractivity contribution is -0.116. The Hall–Kier alpha value is -1.55. The highest BCUT2D eigenvalue weighted by atomic mass is 16.1. The molecular formula is C15H25N3O. The molecule has 0 saturated heterocycles. The van der Waals surface area contributed by atoms with Crippen molar-refractivity contribution in [3.05, 3.63) is 24.3 Å². The first kappa shape index (κ1) is 15.5. The van der Waals surface area contributed by atoms with Crippen LogP contribution in [0.1, 0.15) is 33.6 Å². The van der Waals surface area contributed by atoms with Gasteiger partial charge in [0.05, 0.1) is 0 Å². The summed E-state index contributed by atoms with van der Waals surface area (Å²) in [5.41, 5.74) is 7.40. The standard InChI is InChI=1S/C15H25N3O/c1-4-18(12(2)3)14-9-7-13(8-10-14)17-15(19)6-5-11-16/h7-10,12H,4-6,11,16H2,1-3H3,(H,17,19). The van der Waals surface area contributed by atoms with Crippen molar-refractivity contribution in [1.82, 2.24) is 0 Å². The summed E-state index contributed by atoms with van der Waals surface area (Å²) in [6.45, 7) is 8.01. The van der Waals surface area contributed by atoms with Gasteiger partial charge >= 0.3 is 0 Å². The SMILES string of the molecule is CCN(c1ccc(NC(=O)CCCN)cc1)C(C)C. The Kier molecular flexibility index (Phi) is 6.36. The van der Waals surface area contributed by atoms with Gasteiger partial charge in [-0.05, 0) is 58.0 Å². The summed E-state index contributed by atoms with van der Waals surface area (Å²) in [6, 6.07) is 8.45. The van der Waals surface area contributed by atoms with Crippen LogP contribution < -0.4 is 16.0 Å². The third-order valence-corrected chi connectivity index (χ3v) is 3.05. The van der Waals surface area contributed by atoms with E-state index in [0.717, 1.165) is 18.7 Å². The summed E-state index contributed by atoms with van der Waals surface area (Å²) in [5, 5.41) is 2.88. The maximum atomic E-state index is 11.6. The molecule has 0 spiro atoms. The van der Waals surface area contributed by atoms with Gasteiger partial charge < -0.3 is 16.0 Å². The molecule has 3 N–H and O–H groups in total. The Morgan fingerprint density at radius 3 is 2.42 bits per heavy atom. The smallest absolute Gasteiger partial charge is 0.224 e. The molecule has 4 heteroatoms. The molecule has 0 saturated carbocycles. The number of hydrogen-bond acceptors (Lipinski definition) is 3. The molecule has 0 aliphatic heterocycles. The van der Waals surface area contributed by atoms with E-state index in [1.165, 1.54) is 5.69 Å². The molecule has 1 aromatic rings. The minimum Gasteiger partial charge on any atom is -0.369 e. The fourth-order valence-electron chi connectivity index (χ4n) is 2.07. The van der Waals surface area contributed by atoms with Crippen LogP contribution in [0.25, 0.3) is 0 Å². The highest BCUT2D eigenvalue weighted by Gasteiger charge is 2.08. The van der Waals surface area contributed by atoms with E-state index in [2.05, 4.69) is 31.0 Å². The lowest BCUT2D eigenvalue weighted by Crippen LogP contribution is -2.30. The molecule has 0 aliphatic rings. The molecule has 0 atom stereocenters. The van der Waals surface area contributed by atoms with Crippen molar-refractivity contribution in [1.29, 1.82) is 0 Å². The summed E-state index contributed by atoms with van der Waals surface area (Å²) in [6.07, 6.45) is 1.20. The van der Waals surface area contributed by atoms with Gasteiger partial charge in [-0.15, -0.1) is 0 Å². The highest BCUT2D eigenvalue weighted by Crippen LogP contribution is 2.19. The predicted molar refractivity (Wildman–Crippen MR) is 81.5 cm³/mol. The van der Waals surface area contributed by atoms with Crippen LogP contribution in [0.5, 0.6) is 0 Å². The van der Waals surface area contributed by atoms with Crippen molar-refractivity contribution in [2.45, 2.75) is 39.7 Å². The lowest BCUT2D eigenvalue weighted by atomic mass is 10.2. The Morgan fingerprint density at radius 1 is 1.32 bits per heavy atom. The molecule has 0 heterocycles. The first-order valence-electron chi connectivity index (χ1n) is 6.95. The second kappa shape index (κ2) is 7.79. The van der Waals surface area contributed by atoms with E-state index in [1.807, 2.05) is 24.3 Å². The average Bonchev–Trinajstić information content (AvgIpc) is 2.39. The minimum absolute atomic E-state index is 0.0226. The van der Waals surface area contributed by atoms with Crippen molar-refractivity contribution in [2.24, 2.45) is 5.73 Å². The number of amides is 1. The zero-order chi connectivity index (χ0) is 14.3. The minimum atomic E-state index is 0.0226. The topological polar surface area (TPSA) is 58.4 Å². The van der Waals surface area contributed by atoms with Crippen LogP contribution in [0.4, 0.5) is 11.4 Å². The quantitative estimate of drug-likeness (QED) is 0.795. The van der Waals surface area contributed by atoms with Crippen molar-refractivity contribution >= 4 is 17.3 Å². The Balaban J connectivity index is 2.63. The van der Waals surface area contributed by atoms with E-state index in [4.69, 9.17) is 5.73 Å². The van der Waals surface area contributed by atoms with Crippen LogP contribution in [-0.2, 0) is 4.79 Å². The number of rotatable bonds is 7. The molecule has 0 unspecified atom stereocenters. The Bertz CT molecular complexity index is 387. The molecule has 1 aromatic carbocycles. The number of nitrogens with zero attached hydrogens (tertiary/aromatic N) is 1. The van der Waals surface area contributed by atoms with Gasteiger partial charge in [0.1, 0.15) is 0 Å². The van der Waals surface area contributed by atoms with Gasteiger partial charge in [-0.25, -0.2) is 0 Å². The maximum absolute atomic E-state index is 11.6. The number of carbonyl (C=O) groups is 1. The van der Waals surface area contributed by atoms with Crippen LogP contribution in [0.2, 0.25) is 0 Å². The number of anilines is 2. The van der Waals surface area contributed by atoms with Crippen molar-refractivity contribution < 1.29 is 4.79 Å². The van der Waals surface area contributed by atoms with Crippen LogP contribution in [0, 0.1) is 0 Å². The van der Waals surface area contributed by atoms with Gasteiger partial charge in [0.2, 0.25) is 5.91 Å². The van der Waals surface area contributed by atoms with Crippen molar-refractivity contribution in [3.8, 4) is 0 Å². The molecule has 0 aliphatic carbocycles. The van der Waals surface area contributed by atoms with Crippen LogP contribution in [0.15, 0.2) is 24.3 Å². The highest BCUT2D eigenvalue weighted by molar-refractivity contribution is 5.90. The zero-order valence-corrected chi connectivity index (χ0v) is 12.1. The number of hydrogen-bond donors (Lipinski definition) is 2. The molecule has 1 rings (SSSR count). The van der Waals surface area contributed by atoms with E-state index in [9.17, 15) is 4.79 Å². The Labute approximate surface area is 116 Å². The van der Waals surface area contributed by atoms with Crippen LogP contribution >= 0.6 is 0 Å². The molecule has 0 bridgehead atoms. The number of benzene rings is 1. The van der Waals surface area contributed by atoms with Crippen LogP contribution in [0.3, 0.4) is 0 Å². The Morgan fingerprint density at radius 2 is 1.95 bits per heavy atom. The van der Waals surface area contributed by atoms with E-state index in [1.54, 1.807) is 0 Å². The largest absolute Gasteiger partial charge is 0.369 e. The van der Waals surface area contributed by atoms with Gasteiger partial charge in [-0.1, -0.05) is 0 Å². The monoisotopic (exact) mass is 263 g/mol. The third kappa shape index (κ3) is 4.91. The van der Waals surface area contributed by atoms with Gasteiger partial charge in [0.15, 0.2) is 0 Å². The fourth-order valence-corrected chi connectivity index (χ4v) is 2.07. The number of carbonyl (C=O) groups excluding carboxylic acids is 1. The van der Waals surface area contributed by atoms with Gasteiger partial charge in [-0.3, -0.25) is 4.79 Å². The first-order valence-corrected chi connectivity index (χ1v) is 6.95. The summed E-state index contributed by atoms with van der Waals surface area (Å²) in [5.74, 6) is 0.0226. The number of nitrogens with two attached hydrogens (primary N) is 1. The molecule has 0 radical (unpaired) electrons. The molecule has 4 nitrogen and oxygen atoms in total. The molecule has 106 valence electrons. The second-order valence-electron chi connectivity index (χ2n) is 4.87. The van der Waals surface area contributed by atoms with Crippen molar-refractivity contribution in [2.75, 3.05) is 23.3 Å². The zero-order valence-electron chi connectivity index (χ0n) is 12.1. The van der Waals surface area contributed by atoms with Gasteiger partial charge in [0.25, 0.3) is 0 Å². The summed E-state index contributed by atoms with van der Waals surface area (Å²) >= 11 is 0. The lowest BCUT2D eigenvalue weighted by Gasteiger charge is -2.27. The predicted octanol–water partition coefficient (Wildman–Crippen LogP) is 2.60. The molecule has 19 heavy (non-hydrogen) atoms. The molecule has 0 aromatic heterocycles. The second-order valence-corrected chi connectivity index (χ2v) is 4.87. The van der Waals surface area contributed by atoms with E-state index < -0.39 is 0 Å². The summed E-state index contributed by atoms with van der Waals surface area (Å²) < 4.78 is 0. The summed E-state index contributed by atoms with van der Waals surface area (Å²) in [7, 11) is 0. The number of nitrogens with one attached hydrogen (secondary N) is 1. The first-order chi connectivity index (χ1) is 9.08. The molecule has 1 amide bonds. The van der Waals surface area contributed by atoms with Gasteiger partial charge in [0, 0.05) is 30.4 Å². The fraction of sp³-hybridized carbons (Fsp3) is 0.533. The van der Waals surface area contributed by atoms with Crippen molar-refractivity contribution in [3.63, 3.8) is 0 Å². The average molecular weight is 263 g/mol. The van der Waals surface area contributed by atoms with Crippen LogP contribution in [-0.4, -0.2) is 25.0 Å². The molecule has 0 fully saturated rings. The maximum Gasteiger partial charge on any atom is 0.224 e.